The lowest BCUT2D eigenvalue weighted by molar-refractivity contribution is 0.104. The lowest BCUT2D eigenvalue weighted by Crippen LogP contribution is -2.19. The summed E-state index contributed by atoms with van der Waals surface area (Å²) in [7, 11) is 0. The summed E-state index contributed by atoms with van der Waals surface area (Å²) in [5, 5.41) is 0.842. The van der Waals surface area contributed by atoms with Crippen molar-refractivity contribution in [1.29, 1.82) is 0 Å². The highest BCUT2D eigenvalue weighted by Crippen LogP contribution is 2.19. The molecule has 0 unspecified atom stereocenters. The number of hydrogen-bond donors (Lipinski definition) is 1. The van der Waals surface area contributed by atoms with Gasteiger partial charge in [-0.15, -0.1) is 0 Å². The van der Waals surface area contributed by atoms with Crippen LogP contribution in [0.2, 0.25) is 0 Å². The Morgan fingerprint density at radius 1 is 1.08 bits per heavy atom. The Morgan fingerprint density at radius 2 is 1.79 bits per heavy atom. The van der Waals surface area contributed by atoms with Crippen LogP contribution in [0.25, 0.3) is 17.0 Å². The van der Waals surface area contributed by atoms with Gasteiger partial charge in [-0.3, -0.25) is 14.6 Å². The topological polar surface area (TPSA) is 62.8 Å². The predicted octanol–water partition coefficient (Wildman–Crippen LogP) is 3.74. The number of benzene rings is 1. The van der Waals surface area contributed by atoms with Gasteiger partial charge in [-0.25, -0.2) is 0 Å². The molecule has 0 aliphatic heterocycles. The highest BCUT2D eigenvalue weighted by atomic mass is 16.1. The maximum Gasteiger partial charge on any atom is 0.259 e. The van der Waals surface area contributed by atoms with Gasteiger partial charge in [-0.2, -0.15) is 0 Å². The van der Waals surface area contributed by atoms with E-state index in [0.717, 1.165) is 22.2 Å². The van der Waals surface area contributed by atoms with Crippen molar-refractivity contribution in [2.24, 2.45) is 0 Å². The highest BCUT2D eigenvalue weighted by Gasteiger charge is 2.15. The molecule has 2 heterocycles. The van der Waals surface area contributed by atoms with Gasteiger partial charge >= 0.3 is 0 Å². The third kappa shape index (κ3) is 2.91. The number of pyridine rings is 2. The maximum absolute atomic E-state index is 12.5. The van der Waals surface area contributed by atoms with Crippen molar-refractivity contribution >= 4 is 22.8 Å². The number of carbonyl (C=O) groups excluding carboxylic acids is 1. The second kappa shape index (κ2) is 6.24. The zero-order chi connectivity index (χ0) is 17.3. The second-order valence-corrected chi connectivity index (χ2v) is 5.88. The molecule has 0 amide bonds. The number of rotatable bonds is 3. The smallest absolute Gasteiger partial charge is 0.259 e. The standard InChI is InChI=1S/C20H18N2O2/c1-12-4-6-15(7-5-12)8-9-17(23)18-13(2)16-10-11-21-14(3)19(16)22-20(18)24/h4-11H,1-3H3,(H,22,24). The monoisotopic (exact) mass is 318 g/mol. The summed E-state index contributed by atoms with van der Waals surface area (Å²) in [6.45, 7) is 5.63. The van der Waals surface area contributed by atoms with E-state index in [4.69, 9.17) is 0 Å². The lowest BCUT2D eigenvalue weighted by atomic mass is 10.0. The average molecular weight is 318 g/mol. The zero-order valence-corrected chi connectivity index (χ0v) is 13.9. The molecule has 1 N–H and O–H groups in total. The molecule has 0 atom stereocenters. The van der Waals surface area contributed by atoms with Gasteiger partial charge < -0.3 is 4.98 Å². The molecule has 0 aliphatic carbocycles. The van der Waals surface area contributed by atoms with Gasteiger partial charge in [0.2, 0.25) is 0 Å². The van der Waals surface area contributed by atoms with E-state index >= 15 is 0 Å². The van der Waals surface area contributed by atoms with E-state index in [2.05, 4.69) is 9.97 Å². The van der Waals surface area contributed by atoms with Crippen LogP contribution in [0.4, 0.5) is 0 Å². The van der Waals surface area contributed by atoms with Crippen molar-refractivity contribution in [3.05, 3.63) is 80.9 Å². The van der Waals surface area contributed by atoms with Crippen LogP contribution >= 0.6 is 0 Å². The Labute approximate surface area is 139 Å². The molecule has 4 nitrogen and oxygen atoms in total. The fraction of sp³-hybridized carbons (Fsp3) is 0.150. The first-order chi connectivity index (χ1) is 11.5. The Bertz CT molecular complexity index is 1010. The van der Waals surface area contributed by atoms with Crippen molar-refractivity contribution < 1.29 is 4.79 Å². The summed E-state index contributed by atoms with van der Waals surface area (Å²) in [5.74, 6) is -0.300. The molecule has 0 spiro atoms. The second-order valence-electron chi connectivity index (χ2n) is 5.88. The molecule has 3 rings (SSSR count). The number of nitrogens with zero attached hydrogens (tertiary/aromatic N) is 1. The van der Waals surface area contributed by atoms with Crippen LogP contribution in [0.3, 0.4) is 0 Å². The zero-order valence-electron chi connectivity index (χ0n) is 13.9. The molecule has 0 saturated heterocycles. The fourth-order valence-corrected chi connectivity index (χ4v) is 2.75. The van der Waals surface area contributed by atoms with E-state index in [1.54, 1.807) is 19.2 Å². The van der Waals surface area contributed by atoms with Gasteiger partial charge in [-0.05, 0) is 44.0 Å². The number of aromatic amines is 1. The minimum Gasteiger partial charge on any atom is -0.320 e. The first-order valence-electron chi connectivity index (χ1n) is 7.74. The molecule has 1 aromatic carbocycles. The van der Waals surface area contributed by atoms with E-state index in [1.807, 2.05) is 44.2 Å². The molecular weight excluding hydrogens is 300 g/mol. The minimum absolute atomic E-state index is 0.177. The van der Waals surface area contributed by atoms with E-state index < -0.39 is 0 Å². The van der Waals surface area contributed by atoms with Crippen LogP contribution in [0, 0.1) is 20.8 Å². The molecule has 0 saturated carbocycles. The lowest BCUT2D eigenvalue weighted by Gasteiger charge is -2.07. The van der Waals surface area contributed by atoms with Crippen LogP contribution in [0.15, 0.2) is 47.4 Å². The van der Waals surface area contributed by atoms with Crippen molar-refractivity contribution in [2.45, 2.75) is 20.8 Å². The average Bonchev–Trinajstić information content (AvgIpc) is 2.55. The van der Waals surface area contributed by atoms with Crippen LogP contribution in [0.5, 0.6) is 0 Å². The molecule has 2 aromatic heterocycles. The quantitative estimate of drug-likeness (QED) is 0.591. The van der Waals surface area contributed by atoms with Gasteiger partial charge in [0.1, 0.15) is 0 Å². The Morgan fingerprint density at radius 3 is 2.50 bits per heavy atom. The van der Waals surface area contributed by atoms with Gasteiger partial charge in [0.25, 0.3) is 5.56 Å². The Balaban J connectivity index is 2.04. The highest BCUT2D eigenvalue weighted by molar-refractivity contribution is 6.09. The van der Waals surface area contributed by atoms with Crippen molar-refractivity contribution in [3.63, 3.8) is 0 Å². The van der Waals surface area contributed by atoms with E-state index in [9.17, 15) is 9.59 Å². The van der Waals surface area contributed by atoms with Gasteiger partial charge in [-0.1, -0.05) is 35.9 Å². The molecule has 0 radical (unpaired) electrons. The molecule has 3 aromatic rings. The third-order valence-electron chi connectivity index (χ3n) is 4.14. The Kier molecular flexibility index (Phi) is 4.13. The van der Waals surface area contributed by atoms with E-state index in [1.165, 1.54) is 6.08 Å². The molecular formula is C20H18N2O2. The normalized spacial score (nSPS) is 11.3. The molecule has 0 bridgehead atoms. The predicted molar refractivity (Wildman–Crippen MR) is 96.4 cm³/mol. The van der Waals surface area contributed by atoms with Gasteiger partial charge in [0.05, 0.1) is 16.8 Å². The SMILES string of the molecule is Cc1ccc(C=CC(=O)c2c(C)c3ccnc(C)c3[nH]c2=O)cc1. The van der Waals surface area contributed by atoms with Crippen molar-refractivity contribution in [2.75, 3.05) is 0 Å². The molecule has 120 valence electrons. The number of nitrogens with one attached hydrogen (secondary N) is 1. The number of allylic oxidation sites excluding steroid dienone is 1. The molecule has 24 heavy (non-hydrogen) atoms. The van der Waals surface area contributed by atoms with Crippen LogP contribution < -0.4 is 5.56 Å². The van der Waals surface area contributed by atoms with Crippen LogP contribution in [-0.4, -0.2) is 15.8 Å². The van der Waals surface area contributed by atoms with Crippen LogP contribution in [-0.2, 0) is 0 Å². The van der Waals surface area contributed by atoms with E-state index in [0.29, 0.717) is 11.1 Å². The summed E-state index contributed by atoms with van der Waals surface area (Å²) < 4.78 is 0. The number of H-pyrrole nitrogens is 1. The fourth-order valence-electron chi connectivity index (χ4n) is 2.75. The number of aryl methyl sites for hydroxylation is 3. The largest absolute Gasteiger partial charge is 0.320 e. The first-order valence-corrected chi connectivity index (χ1v) is 7.74. The number of hydrogen-bond acceptors (Lipinski definition) is 3. The molecule has 4 heteroatoms. The van der Waals surface area contributed by atoms with Crippen molar-refractivity contribution in [1.82, 2.24) is 9.97 Å². The van der Waals surface area contributed by atoms with Crippen LogP contribution in [0.1, 0.15) is 32.7 Å². The number of fused-ring (bicyclic) bond motifs is 1. The summed E-state index contributed by atoms with van der Waals surface area (Å²) in [4.78, 5) is 31.9. The summed E-state index contributed by atoms with van der Waals surface area (Å²) in [6.07, 6.45) is 4.85. The van der Waals surface area contributed by atoms with Gasteiger partial charge in [0, 0.05) is 11.6 Å². The number of aromatic nitrogens is 2. The van der Waals surface area contributed by atoms with Crippen molar-refractivity contribution in [3.8, 4) is 0 Å². The number of carbonyl (C=O) groups is 1. The minimum atomic E-state index is -0.380. The summed E-state index contributed by atoms with van der Waals surface area (Å²) in [5.41, 5.74) is 3.97. The maximum atomic E-state index is 12.5. The number of ketones is 1. The third-order valence-corrected chi connectivity index (χ3v) is 4.14. The Hall–Kier alpha value is -3.01. The molecule has 0 fully saturated rings. The summed E-state index contributed by atoms with van der Waals surface area (Å²) >= 11 is 0. The summed E-state index contributed by atoms with van der Waals surface area (Å²) in [6, 6.07) is 9.65. The first kappa shape index (κ1) is 15.9. The van der Waals surface area contributed by atoms with E-state index in [-0.39, 0.29) is 16.9 Å². The molecule has 0 aliphatic rings. The van der Waals surface area contributed by atoms with Gasteiger partial charge in [0.15, 0.2) is 5.78 Å².